The lowest BCUT2D eigenvalue weighted by atomic mass is 10.2. The van der Waals surface area contributed by atoms with Crippen molar-refractivity contribution in [3.05, 3.63) is 0 Å². The normalized spacial score (nSPS) is 23.5. The highest BCUT2D eigenvalue weighted by atomic mass is 16.6. The van der Waals surface area contributed by atoms with Crippen LogP contribution in [0.25, 0.3) is 0 Å². The van der Waals surface area contributed by atoms with Crippen LogP contribution in [0.15, 0.2) is 0 Å². The van der Waals surface area contributed by atoms with E-state index >= 15 is 0 Å². The van der Waals surface area contributed by atoms with Gasteiger partial charge in [-0.2, -0.15) is 0 Å². The maximum Gasteiger partial charge on any atom is 0.410 e. The summed E-state index contributed by atoms with van der Waals surface area (Å²) in [5.41, 5.74) is -0.505. The Morgan fingerprint density at radius 2 is 2.20 bits per heavy atom. The summed E-state index contributed by atoms with van der Waals surface area (Å²) in [6.07, 6.45) is -1.02. The van der Waals surface area contributed by atoms with Gasteiger partial charge in [0.25, 0.3) is 0 Å². The van der Waals surface area contributed by atoms with Gasteiger partial charge in [0.15, 0.2) is 0 Å². The number of hydrogen-bond acceptors (Lipinski definition) is 4. The topological polar surface area (TPSA) is 59.0 Å². The van der Waals surface area contributed by atoms with Crippen LogP contribution in [0.1, 0.15) is 20.8 Å². The fourth-order valence-corrected chi connectivity index (χ4v) is 1.28. The summed E-state index contributed by atoms with van der Waals surface area (Å²) in [6.45, 7) is 6.90. The van der Waals surface area contributed by atoms with Crippen molar-refractivity contribution in [2.75, 3.05) is 26.3 Å². The maximum absolute atomic E-state index is 11.6. The van der Waals surface area contributed by atoms with Crippen molar-refractivity contribution in [1.82, 2.24) is 4.90 Å². The number of carbonyl (C=O) groups is 1. The van der Waals surface area contributed by atoms with Gasteiger partial charge in [0.05, 0.1) is 25.9 Å². The van der Waals surface area contributed by atoms with Crippen LogP contribution < -0.4 is 0 Å². The van der Waals surface area contributed by atoms with Crippen LogP contribution in [0.4, 0.5) is 4.79 Å². The highest BCUT2D eigenvalue weighted by molar-refractivity contribution is 5.68. The molecule has 0 radical (unpaired) electrons. The van der Waals surface area contributed by atoms with Crippen molar-refractivity contribution in [3.8, 4) is 0 Å². The third-order valence-corrected chi connectivity index (χ3v) is 1.90. The van der Waals surface area contributed by atoms with Gasteiger partial charge in [-0.3, -0.25) is 0 Å². The van der Waals surface area contributed by atoms with Crippen LogP contribution in [-0.2, 0) is 9.47 Å². The number of ether oxygens (including phenoxy) is 2. The van der Waals surface area contributed by atoms with E-state index in [2.05, 4.69) is 0 Å². The molecule has 1 unspecified atom stereocenters. The Morgan fingerprint density at radius 1 is 1.53 bits per heavy atom. The molecule has 1 N–H and O–H groups in total. The van der Waals surface area contributed by atoms with E-state index in [9.17, 15) is 9.90 Å². The Balaban J connectivity index is 2.50. The van der Waals surface area contributed by atoms with E-state index in [1.165, 1.54) is 4.90 Å². The van der Waals surface area contributed by atoms with Crippen LogP contribution in [0.3, 0.4) is 0 Å². The highest BCUT2D eigenvalue weighted by Gasteiger charge is 2.25. The van der Waals surface area contributed by atoms with Gasteiger partial charge >= 0.3 is 6.09 Å². The Kier molecular flexibility index (Phi) is 3.93. The lowest BCUT2D eigenvalue weighted by Crippen LogP contribution is -2.41. The molecule has 1 rings (SSSR count). The molecule has 1 fully saturated rings. The van der Waals surface area contributed by atoms with E-state index in [0.717, 1.165) is 0 Å². The summed E-state index contributed by atoms with van der Waals surface area (Å²) in [6, 6.07) is 0. The first-order valence-corrected chi connectivity index (χ1v) is 5.12. The van der Waals surface area contributed by atoms with Gasteiger partial charge in [0.2, 0.25) is 0 Å². The molecule has 0 aliphatic carbocycles. The monoisotopic (exact) mass is 217 g/mol. The minimum atomic E-state index is -0.625. The summed E-state index contributed by atoms with van der Waals surface area (Å²) in [7, 11) is 0. The number of carbonyl (C=O) groups excluding carboxylic acids is 1. The van der Waals surface area contributed by atoms with Crippen molar-refractivity contribution < 1.29 is 19.4 Å². The SMILES string of the molecule is CC(C)(C)OC(=O)N1CCOCC(O)C1. The quantitative estimate of drug-likeness (QED) is 0.646. The summed E-state index contributed by atoms with van der Waals surface area (Å²) >= 11 is 0. The zero-order chi connectivity index (χ0) is 11.5. The average molecular weight is 217 g/mol. The van der Waals surface area contributed by atoms with Gasteiger partial charge in [-0.05, 0) is 20.8 Å². The molecular formula is C10H19NO4. The number of hydrogen-bond donors (Lipinski definition) is 1. The number of rotatable bonds is 0. The second-order valence-electron chi connectivity index (χ2n) is 4.66. The molecule has 0 aromatic carbocycles. The van der Waals surface area contributed by atoms with Gasteiger partial charge < -0.3 is 19.5 Å². The molecule has 88 valence electrons. The zero-order valence-electron chi connectivity index (χ0n) is 9.52. The summed E-state index contributed by atoms with van der Waals surface area (Å²) < 4.78 is 10.3. The minimum Gasteiger partial charge on any atom is -0.444 e. The molecule has 1 aliphatic rings. The standard InChI is InChI=1S/C10H19NO4/c1-10(2,3)15-9(13)11-4-5-14-7-8(12)6-11/h8,12H,4-7H2,1-3H3. The van der Waals surface area contributed by atoms with Crippen molar-refractivity contribution in [2.45, 2.75) is 32.5 Å². The first-order valence-electron chi connectivity index (χ1n) is 5.12. The first-order chi connectivity index (χ1) is 6.88. The molecule has 0 spiro atoms. The van der Waals surface area contributed by atoms with E-state index in [-0.39, 0.29) is 13.2 Å². The van der Waals surface area contributed by atoms with E-state index < -0.39 is 17.8 Å². The van der Waals surface area contributed by atoms with Crippen molar-refractivity contribution in [1.29, 1.82) is 0 Å². The van der Waals surface area contributed by atoms with Crippen molar-refractivity contribution >= 4 is 6.09 Å². The van der Waals surface area contributed by atoms with Gasteiger partial charge in [-0.25, -0.2) is 4.79 Å². The molecule has 1 aliphatic heterocycles. The second-order valence-corrected chi connectivity index (χ2v) is 4.66. The highest BCUT2D eigenvalue weighted by Crippen LogP contribution is 2.11. The van der Waals surface area contributed by atoms with Crippen LogP contribution in [-0.4, -0.2) is 54.1 Å². The van der Waals surface area contributed by atoms with Crippen molar-refractivity contribution in [2.24, 2.45) is 0 Å². The number of aliphatic hydroxyl groups excluding tert-OH is 1. The molecule has 15 heavy (non-hydrogen) atoms. The zero-order valence-corrected chi connectivity index (χ0v) is 9.52. The molecule has 1 atom stereocenters. The summed E-state index contributed by atoms with van der Waals surface area (Å²) in [5, 5.41) is 9.43. The number of nitrogens with zero attached hydrogens (tertiary/aromatic N) is 1. The van der Waals surface area contributed by atoms with Gasteiger partial charge in [0.1, 0.15) is 5.60 Å². The molecule has 0 aromatic rings. The number of aliphatic hydroxyl groups is 1. The molecule has 0 aromatic heterocycles. The molecule has 0 saturated carbocycles. The maximum atomic E-state index is 11.6. The van der Waals surface area contributed by atoms with Crippen LogP contribution >= 0.6 is 0 Å². The Labute approximate surface area is 90.0 Å². The van der Waals surface area contributed by atoms with Crippen LogP contribution in [0, 0.1) is 0 Å². The van der Waals surface area contributed by atoms with E-state index in [4.69, 9.17) is 9.47 Å². The number of β-amino-alcohol motifs (C(OH)–C–C–N with tert-alkyl or cyclic N) is 1. The first kappa shape index (κ1) is 12.3. The fraction of sp³-hybridized carbons (Fsp3) is 0.900. The molecular weight excluding hydrogens is 198 g/mol. The van der Waals surface area contributed by atoms with E-state index in [1.54, 1.807) is 0 Å². The fourth-order valence-electron chi connectivity index (χ4n) is 1.28. The molecule has 5 nitrogen and oxygen atoms in total. The predicted octanol–water partition coefficient (Wildman–Crippen LogP) is 0.615. The Morgan fingerprint density at radius 3 is 2.80 bits per heavy atom. The largest absolute Gasteiger partial charge is 0.444 e. The van der Waals surface area contributed by atoms with Crippen LogP contribution in [0.5, 0.6) is 0 Å². The van der Waals surface area contributed by atoms with Gasteiger partial charge in [0, 0.05) is 6.54 Å². The Hall–Kier alpha value is -0.810. The van der Waals surface area contributed by atoms with E-state index in [0.29, 0.717) is 13.2 Å². The summed E-state index contributed by atoms with van der Waals surface area (Å²) in [4.78, 5) is 13.1. The second kappa shape index (κ2) is 4.81. The third kappa shape index (κ3) is 4.48. The molecule has 1 amide bonds. The van der Waals surface area contributed by atoms with Crippen LogP contribution in [0.2, 0.25) is 0 Å². The lowest BCUT2D eigenvalue weighted by molar-refractivity contribution is 0.0181. The van der Waals surface area contributed by atoms with Crippen molar-refractivity contribution in [3.63, 3.8) is 0 Å². The number of amides is 1. The smallest absolute Gasteiger partial charge is 0.410 e. The lowest BCUT2D eigenvalue weighted by Gasteiger charge is -2.26. The van der Waals surface area contributed by atoms with Gasteiger partial charge in [-0.1, -0.05) is 0 Å². The third-order valence-electron chi connectivity index (χ3n) is 1.90. The summed E-state index contributed by atoms with van der Waals surface area (Å²) in [5.74, 6) is 0. The Bertz CT molecular complexity index is 224. The average Bonchev–Trinajstić information content (AvgIpc) is 2.26. The molecule has 0 bridgehead atoms. The minimum absolute atomic E-state index is 0.273. The molecule has 1 heterocycles. The van der Waals surface area contributed by atoms with E-state index in [1.807, 2.05) is 20.8 Å². The molecule has 1 saturated heterocycles. The molecule has 5 heteroatoms. The predicted molar refractivity (Wildman–Crippen MR) is 54.6 cm³/mol. The van der Waals surface area contributed by atoms with Gasteiger partial charge in [-0.15, -0.1) is 0 Å².